The molecule has 0 bridgehead atoms. The van der Waals surface area contributed by atoms with Crippen molar-refractivity contribution in [1.82, 2.24) is 5.43 Å². The zero-order chi connectivity index (χ0) is 23.8. The molecule has 4 rings (SSSR count). The number of methoxy groups -OCH3 is 1. The highest BCUT2D eigenvalue weighted by atomic mass is 16.6. The molecule has 0 aromatic heterocycles. The number of hydrogen-bond donors (Lipinski definition) is 1. The average molecular weight is 454 g/mol. The van der Waals surface area contributed by atoms with Crippen LogP contribution in [0.5, 0.6) is 17.2 Å². The maximum atomic E-state index is 12.3. The van der Waals surface area contributed by atoms with Gasteiger partial charge in [-0.1, -0.05) is 54.6 Å². The van der Waals surface area contributed by atoms with E-state index in [0.29, 0.717) is 22.6 Å². The second-order valence-electron chi connectivity index (χ2n) is 7.22. The van der Waals surface area contributed by atoms with Gasteiger partial charge in [0.15, 0.2) is 18.1 Å². The lowest BCUT2D eigenvalue weighted by atomic mass is 10.1. The van der Waals surface area contributed by atoms with E-state index in [0.717, 1.165) is 10.8 Å². The van der Waals surface area contributed by atoms with Gasteiger partial charge in [-0.2, -0.15) is 5.10 Å². The van der Waals surface area contributed by atoms with Crippen LogP contribution in [0.4, 0.5) is 0 Å². The van der Waals surface area contributed by atoms with Crippen LogP contribution in [0, 0.1) is 0 Å². The standard InChI is InChI=1S/C27H22N2O5/c1-32-25-16-19(14-15-24(25)34-27(31)21-9-3-2-4-10-21)17-28-29-26(30)18-33-23-13-7-11-20-8-5-6-12-22(20)23/h2-17H,18H2,1H3,(H,29,30)/b28-17-. The number of ether oxygens (including phenoxy) is 3. The Kier molecular flexibility index (Phi) is 7.15. The molecule has 7 heteroatoms. The lowest BCUT2D eigenvalue weighted by molar-refractivity contribution is -0.123. The Morgan fingerprint density at radius 2 is 1.62 bits per heavy atom. The first kappa shape index (κ1) is 22.5. The normalized spacial score (nSPS) is 10.7. The number of amides is 1. The van der Waals surface area contributed by atoms with Crippen molar-refractivity contribution >= 4 is 28.9 Å². The number of esters is 1. The lowest BCUT2D eigenvalue weighted by Gasteiger charge is -2.10. The van der Waals surface area contributed by atoms with Gasteiger partial charge in [0, 0.05) is 5.39 Å². The van der Waals surface area contributed by atoms with E-state index >= 15 is 0 Å². The molecule has 0 aliphatic heterocycles. The van der Waals surface area contributed by atoms with Crippen LogP contribution in [0.25, 0.3) is 10.8 Å². The Morgan fingerprint density at radius 1 is 0.853 bits per heavy atom. The molecule has 7 nitrogen and oxygen atoms in total. The molecule has 170 valence electrons. The molecule has 1 amide bonds. The van der Waals surface area contributed by atoms with E-state index in [2.05, 4.69) is 10.5 Å². The summed E-state index contributed by atoms with van der Waals surface area (Å²) in [5.74, 6) is 0.380. The highest BCUT2D eigenvalue weighted by Gasteiger charge is 2.12. The fourth-order valence-electron chi connectivity index (χ4n) is 3.26. The molecule has 0 saturated carbocycles. The first-order chi connectivity index (χ1) is 16.6. The van der Waals surface area contributed by atoms with E-state index in [1.165, 1.54) is 13.3 Å². The van der Waals surface area contributed by atoms with Crippen molar-refractivity contribution < 1.29 is 23.8 Å². The van der Waals surface area contributed by atoms with Crippen LogP contribution in [-0.2, 0) is 4.79 Å². The second kappa shape index (κ2) is 10.8. The summed E-state index contributed by atoms with van der Waals surface area (Å²) < 4.78 is 16.4. The third-order valence-corrected chi connectivity index (χ3v) is 4.91. The van der Waals surface area contributed by atoms with Gasteiger partial charge in [0.2, 0.25) is 0 Å². The van der Waals surface area contributed by atoms with Gasteiger partial charge in [-0.25, -0.2) is 10.2 Å². The summed E-state index contributed by atoms with van der Waals surface area (Å²) in [7, 11) is 1.47. The number of benzene rings is 4. The number of hydrogen-bond acceptors (Lipinski definition) is 6. The Morgan fingerprint density at radius 3 is 2.44 bits per heavy atom. The number of carbonyl (C=O) groups excluding carboxylic acids is 2. The van der Waals surface area contributed by atoms with E-state index in [9.17, 15) is 9.59 Å². The Bertz CT molecular complexity index is 1330. The monoisotopic (exact) mass is 454 g/mol. The first-order valence-electron chi connectivity index (χ1n) is 10.5. The van der Waals surface area contributed by atoms with Gasteiger partial charge in [0.25, 0.3) is 5.91 Å². The largest absolute Gasteiger partial charge is 0.493 e. The molecule has 4 aromatic carbocycles. The van der Waals surface area contributed by atoms with Crippen molar-refractivity contribution in [3.8, 4) is 17.2 Å². The second-order valence-corrected chi connectivity index (χ2v) is 7.22. The van der Waals surface area contributed by atoms with Crippen LogP contribution < -0.4 is 19.6 Å². The smallest absolute Gasteiger partial charge is 0.343 e. The topological polar surface area (TPSA) is 86.2 Å². The molecule has 0 saturated heterocycles. The summed E-state index contributed by atoms with van der Waals surface area (Å²) in [5.41, 5.74) is 3.51. The molecule has 0 spiro atoms. The van der Waals surface area contributed by atoms with Crippen molar-refractivity contribution in [1.29, 1.82) is 0 Å². The highest BCUT2D eigenvalue weighted by Crippen LogP contribution is 2.28. The number of nitrogens with zero attached hydrogens (tertiary/aromatic N) is 1. The van der Waals surface area contributed by atoms with Crippen molar-refractivity contribution in [2.24, 2.45) is 5.10 Å². The number of nitrogens with one attached hydrogen (secondary N) is 1. The zero-order valence-corrected chi connectivity index (χ0v) is 18.4. The summed E-state index contributed by atoms with van der Waals surface area (Å²) in [5, 5.41) is 5.93. The van der Waals surface area contributed by atoms with Gasteiger partial charge in [-0.3, -0.25) is 4.79 Å². The third kappa shape index (κ3) is 5.58. The van der Waals surface area contributed by atoms with Gasteiger partial charge in [-0.15, -0.1) is 0 Å². The fraction of sp³-hybridized carbons (Fsp3) is 0.0741. The van der Waals surface area contributed by atoms with Crippen molar-refractivity contribution in [2.45, 2.75) is 0 Å². The van der Waals surface area contributed by atoms with E-state index in [-0.39, 0.29) is 12.4 Å². The summed E-state index contributed by atoms with van der Waals surface area (Å²) in [6.07, 6.45) is 1.46. The maximum Gasteiger partial charge on any atom is 0.343 e. The molecular formula is C27H22N2O5. The van der Waals surface area contributed by atoms with E-state index < -0.39 is 11.9 Å². The molecule has 0 radical (unpaired) electrons. The van der Waals surface area contributed by atoms with Gasteiger partial charge in [0.1, 0.15) is 5.75 Å². The molecule has 0 atom stereocenters. The number of fused-ring (bicyclic) bond motifs is 1. The molecule has 0 heterocycles. The predicted molar refractivity (Wildman–Crippen MR) is 130 cm³/mol. The van der Waals surface area contributed by atoms with Crippen LogP contribution >= 0.6 is 0 Å². The molecule has 0 aliphatic carbocycles. The fourth-order valence-corrected chi connectivity index (χ4v) is 3.26. The predicted octanol–water partition coefficient (Wildman–Crippen LogP) is 4.60. The molecule has 0 unspecified atom stereocenters. The van der Waals surface area contributed by atoms with Crippen LogP contribution in [0.2, 0.25) is 0 Å². The van der Waals surface area contributed by atoms with Gasteiger partial charge >= 0.3 is 5.97 Å². The van der Waals surface area contributed by atoms with Crippen molar-refractivity contribution in [3.05, 3.63) is 102 Å². The number of carbonyl (C=O) groups is 2. The van der Waals surface area contributed by atoms with E-state index in [1.54, 1.807) is 42.5 Å². The first-order valence-corrected chi connectivity index (χ1v) is 10.5. The SMILES string of the molecule is COc1cc(/C=N\NC(=O)COc2cccc3ccccc23)ccc1OC(=O)c1ccccc1. The minimum Gasteiger partial charge on any atom is -0.493 e. The van der Waals surface area contributed by atoms with Crippen LogP contribution in [-0.4, -0.2) is 31.8 Å². The quantitative estimate of drug-likeness (QED) is 0.182. The Balaban J connectivity index is 1.34. The molecule has 4 aromatic rings. The molecular weight excluding hydrogens is 432 g/mol. The minimum atomic E-state index is -0.487. The molecule has 1 N–H and O–H groups in total. The van der Waals surface area contributed by atoms with Crippen LogP contribution in [0.1, 0.15) is 15.9 Å². The van der Waals surface area contributed by atoms with Crippen molar-refractivity contribution in [3.63, 3.8) is 0 Å². The summed E-state index contributed by atoms with van der Waals surface area (Å²) in [4.78, 5) is 24.4. The van der Waals surface area contributed by atoms with Gasteiger partial charge in [-0.05, 0) is 47.3 Å². The summed E-state index contributed by atoms with van der Waals surface area (Å²) >= 11 is 0. The van der Waals surface area contributed by atoms with Gasteiger partial charge in [0.05, 0.1) is 18.9 Å². The third-order valence-electron chi connectivity index (χ3n) is 4.91. The molecule has 0 aliphatic rings. The summed E-state index contributed by atoms with van der Waals surface area (Å²) in [6.45, 7) is -0.178. The average Bonchev–Trinajstić information content (AvgIpc) is 2.88. The minimum absolute atomic E-state index is 0.178. The number of rotatable bonds is 8. The molecule has 0 fully saturated rings. The lowest BCUT2D eigenvalue weighted by Crippen LogP contribution is -2.24. The van der Waals surface area contributed by atoms with Crippen molar-refractivity contribution in [2.75, 3.05) is 13.7 Å². The number of hydrazone groups is 1. The summed E-state index contributed by atoms with van der Waals surface area (Å²) in [6, 6.07) is 27.1. The van der Waals surface area contributed by atoms with Crippen LogP contribution in [0.3, 0.4) is 0 Å². The zero-order valence-electron chi connectivity index (χ0n) is 18.4. The highest BCUT2D eigenvalue weighted by molar-refractivity contribution is 5.92. The van der Waals surface area contributed by atoms with Crippen LogP contribution in [0.15, 0.2) is 96.1 Å². The molecule has 34 heavy (non-hydrogen) atoms. The maximum absolute atomic E-state index is 12.3. The Labute approximate surface area is 196 Å². The van der Waals surface area contributed by atoms with E-state index in [4.69, 9.17) is 14.2 Å². The van der Waals surface area contributed by atoms with E-state index in [1.807, 2.05) is 48.5 Å². The Hall–Kier alpha value is -4.65. The van der Waals surface area contributed by atoms with Gasteiger partial charge < -0.3 is 14.2 Å².